The number of carbonyl (C=O) groups is 1. The zero-order valence-corrected chi connectivity index (χ0v) is 16.4. The maximum Gasteiger partial charge on any atom is 0.251 e. The fourth-order valence-electron chi connectivity index (χ4n) is 2.99. The molecule has 1 atom stereocenters. The van der Waals surface area contributed by atoms with E-state index in [0.29, 0.717) is 31.7 Å². The summed E-state index contributed by atoms with van der Waals surface area (Å²) in [6.07, 6.45) is 1.88. The summed E-state index contributed by atoms with van der Waals surface area (Å²) in [4.78, 5) is 14.8. The number of likely N-dealkylation sites (N-methyl/N-ethyl adjacent to an activating group) is 1. The summed E-state index contributed by atoms with van der Waals surface area (Å²) in [6, 6.07) is 4.88. The number of benzene rings is 1. The molecule has 1 saturated heterocycles. The highest BCUT2D eigenvalue weighted by atomic mass is 32.2. The van der Waals surface area contributed by atoms with Crippen molar-refractivity contribution in [1.29, 1.82) is 0 Å². The lowest BCUT2D eigenvalue weighted by Crippen LogP contribution is -2.47. The van der Waals surface area contributed by atoms with Crippen LogP contribution in [0, 0.1) is 6.92 Å². The van der Waals surface area contributed by atoms with Gasteiger partial charge in [-0.3, -0.25) is 4.79 Å². The quantitative estimate of drug-likeness (QED) is 0.833. The van der Waals surface area contributed by atoms with Gasteiger partial charge in [-0.25, -0.2) is 8.42 Å². The lowest BCUT2D eigenvalue weighted by Gasteiger charge is -2.31. The molecular weight excluding hydrogens is 338 g/mol. The molecule has 1 aliphatic rings. The minimum atomic E-state index is -3.57. The van der Waals surface area contributed by atoms with Crippen LogP contribution in [0.1, 0.15) is 42.6 Å². The van der Waals surface area contributed by atoms with E-state index in [1.165, 1.54) is 10.4 Å². The molecule has 0 aliphatic carbocycles. The SMILES string of the molecule is CCC[C@H](C)NC(=O)c1cc(S(=O)(=O)N2CCN(C)CC2)ccc1C. The van der Waals surface area contributed by atoms with Gasteiger partial charge in [-0.1, -0.05) is 19.4 Å². The average Bonchev–Trinajstić information content (AvgIpc) is 2.55. The van der Waals surface area contributed by atoms with Crippen LogP contribution in [0.15, 0.2) is 23.1 Å². The van der Waals surface area contributed by atoms with Crippen LogP contribution >= 0.6 is 0 Å². The van der Waals surface area contributed by atoms with E-state index in [2.05, 4.69) is 17.1 Å². The molecule has 1 aromatic rings. The van der Waals surface area contributed by atoms with Gasteiger partial charge >= 0.3 is 0 Å². The Kier molecular flexibility index (Phi) is 6.59. The third kappa shape index (κ3) is 4.80. The van der Waals surface area contributed by atoms with E-state index in [4.69, 9.17) is 0 Å². The van der Waals surface area contributed by atoms with E-state index < -0.39 is 10.0 Å². The molecule has 6 nitrogen and oxygen atoms in total. The van der Waals surface area contributed by atoms with Gasteiger partial charge < -0.3 is 10.2 Å². The fraction of sp³-hybridized carbons (Fsp3) is 0.611. The van der Waals surface area contributed by atoms with Crippen molar-refractivity contribution in [2.45, 2.75) is 44.6 Å². The van der Waals surface area contributed by atoms with Crippen molar-refractivity contribution in [3.8, 4) is 0 Å². The Morgan fingerprint density at radius 1 is 1.24 bits per heavy atom. The number of carbonyl (C=O) groups excluding carboxylic acids is 1. The Morgan fingerprint density at radius 2 is 1.88 bits per heavy atom. The van der Waals surface area contributed by atoms with E-state index in [1.807, 2.05) is 20.9 Å². The van der Waals surface area contributed by atoms with Crippen LogP contribution in [0.4, 0.5) is 0 Å². The number of sulfonamides is 1. The molecular formula is C18H29N3O3S. The molecule has 0 spiro atoms. The van der Waals surface area contributed by atoms with Crippen molar-refractivity contribution >= 4 is 15.9 Å². The number of amides is 1. The summed E-state index contributed by atoms with van der Waals surface area (Å²) >= 11 is 0. The lowest BCUT2D eigenvalue weighted by atomic mass is 10.1. The van der Waals surface area contributed by atoms with Crippen molar-refractivity contribution in [3.63, 3.8) is 0 Å². The summed E-state index contributed by atoms with van der Waals surface area (Å²) < 4.78 is 27.3. The molecule has 1 aliphatic heterocycles. The van der Waals surface area contributed by atoms with E-state index in [9.17, 15) is 13.2 Å². The summed E-state index contributed by atoms with van der Waals surface area (Å²) in [5.41, 5.74) is 1.21. The molecule has 0 bridgehead atoms. The normalized spacial score (nSPS) is 18.1. The molecule has 0 radical (unpaired) electrons. The molecule has 1 N–H and O–H groups in total. The van der Waals surface area contributed by atoms with Gasteiger partial charge in [0, 0.05) is 37.8 Å². The highest BCUT2D eigenvalue weighted by molar-refractivity contribution is 7.89. The molecule has 7 heteroatoms. The summed E-state index contributed by atoms with van der Waals surface area (Å²) in [5, 5.41) is 2.95. The Balaban J connectivity index is 2.24. The third-order valence-electron chi connectivity index (χ3n) is 4.65. The van der Waals surface area contributed by atoms with Gasteiger partial charge in [0.15, 0.2) is 0 Å². The van der Waals surface area contributed by atoms with Crippen molar-refractivity contribution in [2.75, 3.05) is 33.2 Å². The van der Waals surface area contributed by atoms with Crippen LogP contribution in [-0.4, -0.2) is 62.8 Å². The van der Waals surface area contributed by atoms with Gasteiger partial charge in [0.25, 0.3) is 5.91 Å². The molecule has 2 rings (SSSR count). The van der Waals surface area contributed by atoms with E-state index >= 15 is 0 Å². The standard InChI is InChI=1S/C18H29N3O3S/c1-5-6-15(3)19-18(22)17-13-16(8-7-14(17)2)25(23,24)21-11-9-20(4)10-12-21/h7-8,13,15H,5-6,9-12H2,1-4H3,(H,19,22)/t15-/m0/s1. The molecule has 140 valence electrons. The van der Waals surface area contributed by atoms with Crippen molar-refractivity contribution < 1.29 is 13.2 Å². The molecule has 1 amide bonds. The monoisotopic (exact) mass is 367 g/mol. The van der Waals surface area contributed by atoms with Crippen LogP contribution in [0.3, 0.4) is 0 Å². The van der Waals surface area contributed by atoms with Crippen molar-refractivity contribution in [2.24, 2.45) is 0 Å². The summed E-state index contributed by atoms with van der Waals surface area (Å²) in [5.74, 6) is -0.214. The number of hydrogen-bond acceptors (Lipinski definition) is 4. The Hall–Kier alpha value is -1.44. The molecule has 0 aromatic heterocycles. The van der Waals surface area contributed by atoms with Crippen LogP contribution in [0.2, 0.25) is 0 Å². The molecule has 25 heavy (non-hydrogen) atoms. The second kappa shape index (κ2) is 8.29. The highest BCUT2D eigenvalue weighted by Gasteiger charge is 2.28. The van der Waals surface area contributed by atoms with E-state index in [1.54, 1.807) is 12.1 Å². The summed E-state index contributed by atoms with van der Waals surface area (Å²) in [6.45, 7) is 8.23. The topological polar surface area (TPSA) is 69.7 Å². The number of nitrogens with one attached hydrogen (secondary N) is 1. The summed E-state index contributed by atoms with van der Waals surface area (Å²) in [7, 11) is -1.59. The number of hydrogen-bond donors (Lipinski definition) is 1. The maximum absolute atomic E-state index is 12.9. The maximum atomic E-state index is 12.9. The van der Waals surface area contributed by atoms with Gasteiger partial charge in [-0.05, 0) is 45.0 Å². The zero-order valence-electron chi connectivity index (χ0n) is 15.6. The van der Waals surface area contributed by atoms with Crippen molar-refractivity contribution in [3.05, 3.63) is 29.3 Å². The zero-order chi connectivity index (χ0) is 18.6. The van der Waals surface area contributed by atoms with E-state index in [-0.39, 0.29) is 16.8 Å². The van der Waals surface area contributed by atoms with Crippen LogP contribution < -0.4 is 5.32 Å². The predicted octanol–water partition coefficient (Wildman–Crippen LogP) is 1.85. The van der Waals surface area contributed by atoms with Gasteiger partial charge in [-0.15, -0.1) is 0 Å². The Labute approximate surface area is 151 Å². The number of nitrogens with zero attached hydrogens (tertiary/aromatic N) is 2. The van der Waals surface area contributed by atoms with Gasteiger partial charge in [0.2, 0.25) is 10.0 Å². The Morgan fingerprint density at radius 3 is 2.48 bits per heavy atom. The van der Waals surface area contributed by atoms with E-state index in [0.717, 1.165) is 18.4 Å². The fourth-order valence-corrected chi connectivity index (χ4v) is 4.44. The average molecular weight is 368 g/mol. The van der Waals surface area contributed by atoms with Gasteiger partial charge in [0.05, 0.1) is 4.90 Å². The first-order valence-corrected chi connectivity index (χ1v) is 10.3. The predicted molar refractivity (Wildman–Crippen MR) is 99.3 cm³/mol. The minimum Gasteiger partial charge on any atom is -0.350 e. The second-order valence-corrected chi connectivity index (χ2v) is 8.79. The largest absolute Gasteiger partial charge is 0.350 e. The Bertz CT molecular complexity index is 710. The highest BCUT2D eigenvalue weighted by Crippen LogP contribution is 2.21. The molecule has 0 unspecified atom stereocenters. The van der Waals surface area contributed by atoms with Crippen LogP contribution in [-0.2, 0) is 10.0 Å². The van der Waals surface area contributed by atoms with Crippen LogP contribution in [0.5, 0.6) is 0 Å². The second-order valence-electron chi connectivity index (χ2n) is 6.85. The number of rotatable bonds is 6. The lowest BCUT2D eigenvalue weighted by molar-refractivity contribution is 0.0937. The molecule has 1 fully saturated rings. The third-order valence-corrected chi connectivity index (χ3v) is 6.55. The minimum absolute atomic E-state index is 0.0646. The molecule has 1 aromatic carbocycles. The van der Waals surface area contributed by atoms with Crippen molar-refractivity contribution in [1.82, 2.24) is 14.5 Å². The van der Waals surface area contributed by atoms with Crippen LogP contribution in [0.25, 0.3) is 0 Å². The molecule has 0 saturated carbocycles. The molecule has 1 heterocycles. The first-order chi connectivity index (χ1) is 11.8. The first-order valence-electron chi connectivity index (χ1n) is 8.86. The smallest absolute Gasteiger partial charge is 0.251 e. The first kappa shape index (κ1) is 19.9. The number of piperazine rings is 1. The van der Waals surface area contributed by atoms with Gasteiger partial charge in [0.1, 0.15) is 0 Å². The number of aryl methyl sites for hydroxylation is 1. The van der Waals surface area contributed by atoms with Gasteiger partial charge in [-0.2, -0.15) is 4.31 Å².